The number of nitrogens with zero attached hydrogens (tertiary/aromatic N) is 7. The molecular weight excluding hydrogens is 356 g/mol. The van der Waals surface area contributed by atoms with E-state index in [-0.39, 0.29) is 11.9 Å². The molecule has 1 saturated heterocycles. The molecule has 1 N–H and O–H groups in total. The van der Waals surface area contributed by atoms with Gasteiger partial charge in [0.2, 0.25) is 5.91 Å². The predicted octanol–water partition coefficient (Wildman–Crippen LogP) is 0.0596. The molecule has 2 aromatic rings. The first kappa shape index (κ1) is 19.1. The van der Waals surface area contributed by atoms with E-state index in [1.54, 1.807) is 12.5 Å². The second-order valence-electron chi connectivity index (χ2n) is 7.91. The molecule has 0 atom stereocenters. The van der Waals surface area contributed by atoms with Gasteiger partial charge in [0.05, 0.1) is 19.4 Å². The van der Waals surface area contributed by atoms with Crippen LogP contribution in [-0.4, -0.2) is 85.3 Å². The van der Waals surface area contributed by atoms with Gasteiger partial charge in [0.1, 0.15) is 5.82 Å². The number of hydrogen-bond acceptors (Lipinski definition) is 6. The van der Waals surface area contributed by atoms with Crippen LogP contribution < -0.4 is 5.32 Å². The summed E-state index contributed by atoms with van der Waals surface area (Å²) in [6.07, 6.45) is 7.34. The van der Waals surface area contributed by atoms with E-state index in [0.29, 0.717) is 19.0 Å². The van der Waals surface area contributed by atoms with Gasteiger partial charge in [-0.25, -0.2) is 4.98 Å². The Kier molecular flexibility index (Phi) is 5.72. The standard InChI is InChI=1S/C19H30N8O/c1-3-25-6-8-26(9-7-25)13-18(28)21-16-10-15(11-16)19-23-22-17(24(19)2)12-27-5-4-20-14-27/h4-5,14-16H,3,6-13H2,1-2H3,(H,21,28). The zero-order valence-corrected chi connectivity index (χ0v) is 16.8. The van der Waals surface area contributed by atoms with Crippen LogP contribution in [-0.2, 0) is 18.4 Å². The Hall–Kier alpha value is -2.26. The van der Waals surface area contributed by atoms with Crippen molar-refractivity contribution in [2.75, 3.05) is 39.3 Å². The van der Waals surface area contributed by atoms with Crippen LogP contribution in [0.15, 0.2) is 18.7 Å². The molecule has 152 valence electrons. The number of likely N-dealkylation sites (N-methyl/N-ethyl adjacent to an activating group) is 1. The minimum absolute atomic E-state index is 0.146. The van der Waals surface area contributed by atoms with Crippen LogP contribution in [0.4, 0.5) is 0 Å². The van der Waals surface area contributed by atoms with E-state index in [1.165, 1.54) is 0 Å². The van der Waals surface area contributed by atoms with Gasteiger partial charge in [-0.05, 0) is 19.4 Å². The van der Waals surface area contributed by atoms with Crippen LogP contribution in [0.1, 0.15) is 37.3 Å². The van der Waals surface area contributed by atoms with Gasteiger partial charge in [0, 0.05) is 57.6 Å². The molecule has 0 radical (unpaired) electrons. The van der Waals surface area contributed by atoms with Gasteiger partial charge in [-0.2, -0.15) is 0 Å². The Morgan fingerprint density at radius 1 is 1.18 bits per heavy atom. The average molecular weight is 387 g/mol. The molecule has 0 spiro atoms. The number of hydrogen-bond donors (Lipinski definition) is 1. The fourth-order valence-electron chi connectivity index (χ4n) is 4.10. The van der Waals surface area contributed by atoms with Crippen LogP contribution in [0.3, 0.4) is 0 Å². The molecule has 1 amide bonds. The minimum Gasteiger partial charge on any atom is -0.352 e. The fraction of sp³-hybridized carbons (Fsp3) is 0.684. The SMILES string of the molecule is CCN1CCN(CC(=O)NC2CC(c3nnc(Cn4ccnc4)n3C)C2)CC1. The Morgan fingerprint density at radius 3 is 2.61 bits per heavy atom. The summed E-state index contributed by atoms with van der Waals surface area (Å²) in [5, 5.41) is 11.9. The monoisotopic (exact) mass is 386 g/mol. The smallest absolute Gasteiger partial charge is 0.234 e. The lowest BCUT2D eigenvalue weighted by atomic mass is 9.79. The second kappa shape index (κ2) is 8.40. The lowest BCUT2D eigenvalue weighted by molar-refractivity contribution is -0.124. The molecule has 1 saturated carbocycles. The molecule has 9 heteroatoms. The minimum atomic E-state index is 0.146. The molecule has 2 fully saturated rings. The first-order valence-corrected chi connectivity index (χ1v) is 10.2. The molecule has 9 nitrogen and oxygen atoms in total. The summed E-state index contributed by atoms with van der Waals surface area (Å²) in [5.41, 5.74) is 0. The molecule has 1 aliphatic carbocycles. The third-order valence-electron chi connectivity index (χ3n) is 6.03. The van der Waals surface area contributed by atoms with E-state index in [2.05, 4.69) is 41.8 Å². The molecule has 0 unspecified atom stereocenters. The number of imidazole rings is 1. The van der Waals surface area contributed by atoms with E-state index in [0.717, 1.165) is 57.2 Å². The molecular formula is C19H30N8O. The summed E-state index contributed by atoms with van der Waals surface area (Å²) < 4.78 is 4.06. The van der Waals surface area contributed by atoms with Gasteiger partial charge in [-0.3, -0.25) is 9.69 Å². The van der Waals surface area contributed by atoms with Crippen LogP contribution in [0.5, 0.6) is 0 Å². The quantitative estimate of drug-likeness (QED) is 0.724. The van der Waals surface area contributed by atoms with E-state index in [1.807, 2.05) is 17.8 Å². The van der Waals surface area contributed by atoms with Crippen molar-refractivity contribution in [1.29, 1.82) is 0 Å². The van der Waals surface area contributed by atoms with Crippen molar-refractivity contribution in [3.8, 4) is 0 Å². The number of amides is 1. The second-order valence-corrected chi connectivity index (χ2v) is 7.91. The van der Waals surface area contributed by atoms with E-state index < -0.39 is 0 Å². The molecule has 28 heavy (non-hydrogen) atoms. The maximum absolute atomic E-state index is 12.3. The van der Waals surface area contributed by atoms with Gasteiger partial charge in [-0.15, -0.1) is 10.2 Å². The number of nitrogens with one attached hydrogen (secondary N) is 1. The molecule has 1 aliphatic heterocycles. The molecule has 2 aliphatic rings. The Balaban J connectivity index is 1.22. The van der Waals surface area contributed by atoms with E-state index in [4.69, 9.17) is 0 Å². The number of carbonyl (C=O) groups is 1. The molecule has 4 rings (SSSR count). The summed E-state index contributed by atoms with van der Waals surface area (Å²) in [6.45, 7) is 8.54. The predicted molar refractivity (Wildman–Crippen MR) is 105 cm³/mol. The van der Waals surface area contributed by atoms with Gasteiger partial charge in [0.25, 0.3) is 0 Å². The summed E-state index contributed by atoms with van der Waals surface area (Å²) in [5.74, 6) is 2.45. The van der Waals surface area contributed by atoms with Crippen molar-refractivity contribution in [2.24, 2.45) is 7.05 Å². The van der Waals surface area contributed by atoms with Gasteiger partial charge >= 0.3 is 0 Å². The fourth-order valence-corrected chi connectivity index (χ4v) is 4.10. The van der Waals surface area contributed by atoms with Gasteiger partial charge in [-0.1, -0.05) is 6.92 Å². The number of aromatic nitrogens is 5. The molecule has 2 aromatic heterocycles. The topological polar surface area (TPSA) is 84.1 Å². The maximum atomic E-state index is 12.3. The van der Waals surface area contributed by atoms with Crippen molar-refractivity contribution < 1.29 is 4.79 Å². The Morgan fingerprint density at radius 2 is 1.93 bits per heavy atom. The van der Waals surface area contributed by atoms with Crippen LogP contribution in [0, 0.1) is 0 Å². The molecule has 0 bridgehead atoms. The van der Waals surface area contributed by atoms with Crippen molar-refractivity contribution in [3.05, 3.63) is 30.4 Å². The zero-order valence-electron chi connectivity index (χ0n) is 16.8. The first-order chi connectivity index (χ1) is 13.6. The van der Waals surface area contributed by atoms with Crippen molar-refractivity contribution in [3.63, 3.8) is 0 Å². The first-order valence-electron chi connectivity index (χ1n) is 10.2. The van der Waals surface area contributed by atoms with E-state index in [9.17, 15) is 4.79 Å². The summed E-state index contributed by atoms with van der Waals surface area (Å²) >= 11 is 0. The highest BCUT2D eigenvalue weighted by Gasteiger charge is 2.35. The highest BCUT2D eigenvalue weighted by molar-refractivity contribution is 5.78. The average Bonchev–Trinajstić information content (AvgIpc) is 3.30. The summed E-state index contributed by atoms with van der Waals surface area (Å²) in [6, 6.07) is 0.253. The lowest BCUT2D eigenvalue weighted by Crippen LogP contribution is -2.52. The summed E-state index contributed by atoms with van der Waals surface area (Å²) in [7, 11) is 2.02. The Bertz CT molecular complexity index is 772. The van der Waals surface area contributed by atoms with Crippen LogP contribution >= 0.6 is 0 Å². The van der Waals surface area contributed by atoms with E-state index >= 15 is 0 Å². The third kappa shape index (κ3) is 4.25. The highest BCUT2D eigenvalue weighted by atomic mass is 16.2. The zero-order chi connectivity index (χ0) is 19.5. The normalized spacial score (nSPS) is 23.5. The Labute approximate surface area is 165 Å². The number of rotatable bonds is 7. The lowest BCUT2D eigenvalue weighted by Gasteiger charge is -2.37. The summed E-state index contributed by atoms with van der Waals surface area (Å²) in [4.78, 5) is 21.1. The number of carbonyl (C=O) groups excluding carboxylic acids is 1. The third-order valence-corrected chi connectivity index (χ3v) is 6.03. The molecule has 0 aromatic carbocycles. The highest BCUT2D eigenvalue weighted by Crippen LogP contribution is 2.35. The van der Waals surface area contributed by atoms with Crippen LogP contribution in [0.25, 0.3) is 0 Å². The molecule has 3 heterocycles. The van der Waals surface area contributed by atoms with Crippen LogP contribution in [0.2, 0.25) is 0 Å². The van der Waals surface area contributed by atoms with Crippen molar-refractivity contribution >= 4 is 5.91 Å². The van der Waals surface area contributed by atoms with Gasteiger partial charge in [0.15, 0.2) is 5.82 Å². The largest absolute Gasteiger partial charge is 0.352 e. The number of piperazine rings is 1. The van der Waals surface area contributed by atoms with Gasteiger partial charge < -0.3 is 19.4 Å². The van der Waals surface area contributed by atoms with Crippen molar-refractivity contribution in [2.45, 2.75) is 38.3 Å². The van der Waals surface area contributed by atoms with Crippen molar-refractivity contribution in [1.82, 2.24) is 39.4 Å². The maximum Gasteiger partial charge on any atom is 0.234 e.